The first kappa shape index (κ1) is 12.0. The van der Waals surface area contributed by atoms with Crippen LogP contribution in [0.3, 0.4) is 0 Å². The van der Waals surface area contributed by atoms with Crippen molar-refractivity contribution in [1.29, 1.82) is 0 Å². The predicted octanol–water partition coefficient (Wildman–Crippen LogP) is 2.41. The first-order valence-electron chi connectivity index (χ1n) is 6.26. The molecule has 0 bridgehead atoms. The maximum absolute atomic E-state index is 11.3. The number of aromatic hydroxyl groups is 1. The lowest BCUT2D eigenvalue weighted by molar-refractivity contribution is -0.121. The van der Waals surface area contributed by atoms with Gasteiger partial charge in [-0.3, -0.25) is 4.79 Å². The largest absolute Gasteiger partial charge is 0.508 e. The zero-order valence-corrected chi connectivity index (χ0v) is 10.1. The molecule has 0 aromatic heterocycles. The summed E-state index contributed by atoms with van der Waals surface area (Å²) in [6.07, 6.45) is 2.62. The summed E-state index contributed by atoms with van der Waals surface area (Å²) >= 11 is 0. The van der Waals surface area contributed by atoms with E-state index in [1.54, 1.807) is 6.07 Å². The normalized spacial score (nSPS) is 22.2. The number of nitrogens with one attached hydrogen (secondary N) is 1. The van der Waals surface area contributed by atoms with Crippen LogP contribution >= 0.6 is 0 Å². The average Bonchev–Trinajstić information content (AvgIpc) is 3.06. The number of rotatable bonds is 5. The molecule has 0 saturated heterocycles. The van der Waals surface area contributed by atoms with Crippen LogP contribution in [0.25, 0.3) is 0 Å². The van der Waals surface area contributed by atoms with Crippen LogP contribution in [0, 0.1) is 5.92 Å². The Balaban J connectivity index is 1.79. The van der Waals surface area contributed by atoms with Gasteiger partial charge >= 0.3 is 0 Å². The Labute approximate surface area is 102 Å². The van der Waals surface area contributed by atoms with E-state index in [9.17, 15) is 9.90 Å². The molecule has 1 aromatic rings. The second-order valence-electron chi connectivity index (χ2n) is 4.75. The molecule has 2 atom stereocenters. The molecule has 1 amide bonds. The number of amides is 1. The van der Waals surface area contributed by atoms with Crippen molar-refractivity contribution in [2.24, 2.45) is 5.92 Å². The van der Waals surface area contributed by atoms with Gasteiger partial charge < -0.3 is 10.4 Å². The third-order valence-corrected chi connectivity index (χ3v) is 3.26. The van der Waals surface area contributed by atoms with Crippen LogP contribution in [0.4, 0.5) is 0 Å². The quantitative estimate of drug-likeness (QED) is 0.820. The fourth-order valence-corrected chi connectivity index (χ4v) is 2.20. The van der Waals surface area contributed by atoms with Gasteiger partial charge in [0.15, 0.2) is 0 Å². The monoisotopic (exact) mass is 233 g/mol. The molecule has 2 N–H and O–H groups in total. The lowest BCUT2D eigenvalue weighted by Crippen LogP contribution is -2.25. The molecule has 0 aliphatic heterocycles. The van der Waals surface area contributed by atoms with Crippen LogP contribution in [-0.2, 0) is 4.79 Å². The van der Waals surface area contributed by atoms with Gasteiger partial charge in [0.25, 0.3) is 0 Å². The van der Waals surface area contributed by atoms with E-state index >= 15 is 0 Å². The molecule has 3 heteroatoms. The van der Waals surface area contributed by atoms with Crippen LogP contribution in [0.15, 0.2) is 24.3 Å². The smallest absolute Gasteiger partial charge is 0.219 e. The number of hydrogen-bond acceptors (Lipinski definition) is 2. The highest BCUT2D eigenvalue weighted by Gasteiger charge is 2.38. The summed E-state index contributed by atoms with van der Waals surface area (Å²) in [4.78, 5) is 11.3. The molecular formula is C14H19NO2. The Hall–Kier alpha value is -1.51. The molecule has 0 radical (unpaired) electrons. The molecule has 1 aliphatic carbocycles. The SMILES string of the molecule is CCCC(=O)NCC1CC1c1cccc(O)c1. The molecule has 1 saturated carbocycles. The van der Waals surface area contributed by atoms with Gasteiger partial charge in [-0.25, -0.2) is 0 Å². The van der Waals surface area contributed by atoms with E-state index in [1.165, 1.54) is 5.56 Å². The maximum atomic E-state index is 11.3. The van der Waals surface area contributed by atoms with Crippen molar-refractivity contribution < 1.29 is 9.90 Å². The summed E-state index contributed by atoms with van der Waals surface area (Å²) in [7, 11) is 0. The lowest BCUT2D eigenvalue weighted by atomic mass is 10.1. The van der Waals surface area contributed by atoms with Crippen molar-refractivity contribution in [3.63, 3.8) is 0 Å². The van der Waals surface area contributed by atoms with Crippen molar-refractivity contribution in [2.45, 2.75) is 32.1 Å². The van der Waals surface area contributed by atoms with Crippen LogP contribution in [-0.4, -0.2) is 17.6 Å². The van der Waals surface area contributed by atoms with Gasteiger partial charge in [0.05, 0.1) is 0 Å². The zero-order valence-electron chi connectivity index (χ0n) is 10.1. The number of phenols is 1. The van der Waals surface area contributed by atoms with E-state index < -0.39 is 0 Å². The molecule has 1 fully saturated rings. The predicted molar refractivity (Wildman–Crippen MR) is 66.9 cm³/mol. The van der Waals surface area contributed by atoms with Crippen LogP contribution < -0.4 is 5.32 Å². The third-order valence-electron chi connectivity index (χ3n) is 3.26. The molecule has 0 spiro atoms. The molecule has 2 unspecified atom stereocenters. The fourth-order valence-electron chi connectivity index (χ4n) is 2.20. The molecule has 3 nitrogen and oxygen atoms in total. The maximum Gasteiger partial charge on any atom is 0.219 e. The average molecular weight is 233 g/mol. The molecule has 17 heavy (non-hydrogen) atoms. The van der Waals surface area contributed by atoms with Gasteiger partial charge in [-0.05, 0) is 42.4 Å². The molecule has 2 rings (SSSR count). The molecule has 0 heterocycles. The summed E-state index contributed by atoms with van der Waals surface area (Å²) in [6.45, 7) is 2.77. The van der Waals surface area contributed by atoms with Crippen molar-refractivity contribution in [3.05, 3.63) is 29.8 Å². The number of benzene rings is 1. The first-order chi connectivity index (χ1) is 8.20. The summed E-state index contributed by atoms with van der Waals surface area (Å²) in [5, 5.41) is 12.4. The van der Waals surface area contributed by atoms with Gasteiger partial charge in [0.1, 0.15) is 5.75 Å². The molecular weight excluding hydrogens is 214 g/mol. The van der Waals surface area contributed by atoms with E-state index in [1.807, 2.05) is 25.1 Å². The van der Waals surface area contributed by atoms with Gasteiger partial charge in [0, 0.05) is 13.0 Å². The standard InChI is InChI=1S/C14H19NO2/c1-2-4-14(17)15-9-11-8-13(11)10-5-3-6-12(16)7-10/h3,5-7,11,13,16H,2,4,8-9H2,1H3,(H,15,17). The fraction of sp³-hybridized carbons (Fsp3) is 0.500. The molecule has 92 valence electrons. The number of phenolic OH excluding ortho intramolecular Hbond substituents is 1. The topological polar surface area (TPSA) is 49.3 Å². The van der Waals surface area contributed by atoms with Crippen molar-refractivity contribution >= 4 is 5.91 Å². The highest BCUT2D eigenvalue weighted by Crippen LogP contribution is 2.47. The molecule has 1 aliphatic rings. The Morgan fingerprint density at radius 3 is 3.06 bits per heavy atom. The van der Waals surface area contributed by atoms with Gasteiger partial charge in [-0.2, -0.15) is 0 Å². The zero-order chi connectivity index (χ0) is 12.3. The Morgan fingerprint density at radius 2 is 2.35 bits per heavy atom. The van der Waals surface area contributed by atoms with Crippen LogP contribution in [0.1, 0.15) is 37.7 Å². The Morgan fingerprint density at radius 1 is 1.53 bits per heavy atom. The number of hydrogen-bond donors (Lipinski definition) is 2. The summed E-state index contributed by atoms with van der Waals surface area (Å²) in [5.41, 5.74) is 1.18. The third kappa shape index (κ3) is 3.22. The van der Waals surface area contributed by atoms with E-state index in [4.69, 9.17) is 0 Å². The highest BCUT2D eigenvalue weighted by atomic mass is 16.3. The van der Waals surface area contributed by atoms with Crippen LogP contribution in [0.2, 0.25) is 0 Å². The van der Waals surface area contributed by atoms with Crippen LogP contribution in [0.5, 0.6) is 5.75 Å². The second kappa shape index (κ2) is 5.21. The Kier molecular flexibility index (Phi) is 3.67. The van der Waals surface area contributed by atoms with Crippen molar-refractivity contribution in [2.75, 3.05) is 6.54 Å². The van der Waals surface area contributed by atoms with E-state index in [0.29, 0.717) is 24.0 Å². The van der Waals surface area contributed by atoms with Crippen molar-refractivity contribution in [1.82, 2.24) is 5.32 Å². The summed E-state index contributed by atoms with van der Waals surface area (Å²) in [5.74, 6) is 1.51. The van der Waals surface area contributed by atoms with Gasteiger partial charge in [0.2, 0.25) is 5.91 Å². The van der Waals surface area contributed by atoms with E-state index in [0.717, 1.165) is 19.4 Å². The minimum Gasteiger partial charge on any atom is -0.508 e. The minimum absolute atomic E-state index is 0.147. The lowest BCUT2D eigenvalue weighted by Gasteiger charge is -2.04. The highest BCUT2D eigenvalue weighted by molar-refractivity contribution is 5.75. The van der Waals surface area contributed by atoms with E-state index in [2.05, 4.69) is 5.32 Å². The van der Waals surface area contributed by atoms with Crippen molar-refractivity contribution in [3.8, 4) is 5.75 Å². The first-order valence-corrected chi connectivity index (χ1v) is 6.26. The number of carbonyl (C=O) groups excluding carboxylic acids is 1. The van der Waals surface area contributed by atoms with Gasteiger partial charge in [-0.15, -0.1) is 0 Å². The minimum atomic E-state index is 0.147. The number of carbonyl (C=O) groups is 1. The van der Waals surface area contributed by atoms with E-state index in [-0.39, 0.29) is 5.91 Å². The Bertz CT molecular complexity index is 403. The molecule has 1 aromatic carbocycles. The second-order valence-corrected chi connectivity index (χ2v) is 4.75. The summed E-state index contributed by atoms with van der Waals surface area (Å²) < 4.78 is 0. The summed E-state index contributed by atoms with van der Waals surface area (Å²) in [6, 6.07) is 7.41. The van der Waals surface area contributed by atoms with Gasteiger partial charge in [-0.1, -0.05) is 19.1 Å².